The molecule has 3 aromatic carbocycles. The number of nitrogens with zero attached hydrogens (tertiary/aromatic N) is 2. The van der Waals surface area contributed by atoms with Crippen molar-refractivity contribution < 1.29 is 17.6 Å². The van der Waals surface area contributed by atoms with Crippen LogP contribution in [-0.2, 0) is 23.0 Å². The molecule has 31 heavy (non-hydrogen) atoms. The van der Waals surface area contributed by atoms with Crippen LogP contribution in [-0.4, -0.2) is 32.8 Å². The monoisotopic (exact) mass is 458 g/mol. The summed E-state index contributed by atoms with van der Waals surface area (Å²) < 4.78 is 42.0. The lowest BCUT2D eigenvalue weighted by Gasteiger charge is -2.21. The first kappa shape index (κ1) is 21.3. The molecule has 1 amide bonds. The minimum atomic E-state index is -3.82. The summed E-state index contributed by atoms with van der Waals surface area (Å²) in [5, 5.41) is 0.226. The van der Waals surface area contributed by atoms with Gasteiger partial charge in [0.2, 0.25) is 0 Å². The Morgan fingerprint density at radius 2 is 1.84 bits per heavy atom. The third kappa shape index (κ3) is 4.03. The van der Waals surface area contributed by atoms with Gasteiger partial charge in [0, 0.05) is 36.3 Å². The molecule has 5 nitrogen and oxygen atoms in total. The summed E-state index contributed by atoms with van der Waals surface area (Å²) in [4.78, 5) is 14.3. The van der Waals surface area contributed by atoms with E-state index in [4.69, 9.17) is 11.6 Å². The van der Waals surface area contributed by atoms with E-state index in [2.05, 4.69) is 0 Å². The molecule has 0 spiro atoms. The van der Waals surface area contributed by atoms with Crippen LogP contribution in [0.3, 0.4) is 0 Å². The molecule has 0 fully saturated rings. The van der Waals surface area contributed by atoms with E-state index in [9.17, 15) is 17.6 Å². The van der Waals surface area contributed by atoms with Gasteiger partial charge in [-0.25, -0.2) is 12.8 Å². The molecular weight excluding hydrogens is 439 g/mol. The fraction of sp³-hybridized carbons (Fsp3) is 0.174. The highest BCUT2D eigenvalue weighted by atomic mass is 35.5. The number of hydrogen-bond donors (Lipinski definition) is 0. The third-order valence-electron chi connectivity index (χ3n) is 5.32. The average molecular weight is 459 g/mol. The van der Waals surface area contributed by atoms with Gasteiger partial charge in [0.05, 0.1) is 10.6 Å². The van der Waals surface area contributed by atoms with Crippen LogP contribution in [0.4, 0.5) is 10.1 Å². The van der Waals surface area contributed by atoms with Crippen LogP contribution in [0.2, 0.25) is 5.02 Å². The van der Waals surface area contributed by atoms with Crippen LogP contribution < -0.4 is 4.31 Å². The van der Waals surface area contributed by atoms with E-state index in [-0.39, 0.29) is 27.6 Å². The summed E-state index contributed by atoms with van der Waals surface area (Å²) in [6.07, 6.45) is 0.639. The lowest BCUT2D eigenvalue weighted by Crippen LogP contribution is -2.30. The van der Waals surface area contributed by atoms with E-state index in [0.717, 1.165) is 5.56 Å². The molecule has 0 aromatic heterocycles. The lowest BCUT2D eigenvalue weighted by atomic mass is 10.1. The van der Waals surface area contributed by atoms with Gasteiger partial charge in [-0.3, -0.25) is 9.10 Å². The number of carbonyl (C=O) groups is 1. The lowest BCUT2D eigenvalue weighted by molar-refractivity contribution is 0.0783. The zero-order valence-corrected chi connectivity index (χ0v) is 18.3. The first-order valence-corrected chi connectivity index (χ1v) is 11.5. The Kier molecular flexibility index (Phi) is 5.73. The first-order valence-electron chi connectivity index (χ1n) is 9.68. The smallest absolute Gasteiger partial charge is 0.264 e. The summed E-state index contributed by atoms with van der Waals surface area (Å²) in [5.74, 6) is -0.936. The summed E-state index contributed by atoms with van der Waals surface area (Å²) in [5.41, 5.74) is 2.03. The SMILES string of the molecule is CN(Cc1c(F)cccc1Cl)C(=O)c1cccc(S(=O)(=O)N2CCc3ccccc32)c1. The maximum Gasteiger partial charge on any atom is 0.264 e. The molecule has 0 aliphatic carbocycles. The van der Waals surface area contributed by atoms with Gasteiger partial charge in [0.25, 0.3) is 15.9 Å². The second-order valence-electron chi connectivity index (χ2n) is 7.35. The van der Waals surface area contributed by atoms with Crippen LogP contribution in [0.15, 0.2) is 71.6 Å². The normalized spacial score (nSPS) is 13.2. The molecule has 0 saturated carbocycles. The van der Waals surface area contributed by atoms with Crippen molar-refractivity contribution in [2.24, 2.45) is 0 Å². The van der Waals surface area contributed by atoms with Gasteiger partial charge in [-0.2, -0.15) is 0 Å². The quantitative estimate of drug-likeness (QED) is 0.565. The Hall–Kier alpha value is -2.90. The van der Waals surface area contributed by atoms with Crippen molar-refractivity contribution in [2.75, 3.05) is 17.9 Å². The molecule has 1 aliphatic rings. The summed E-state index contributed by atoms with van der Waals surface area (Å²) >= 11 is 6.06. The first-order chi connectivity index (χ1) is 14.8. The Morgan fingerprint density at radius 1 is 1.10 bits per heavy atom. The van der Waals surface area contributed by atoms with E-state index < -0.39 is 21.7 Å². The van der Waals surface area contributed by atoms with E-state index in [0.29, 0.717) is 18.7 Å². The van der Waals surface area contributed by atoms with Gasteiger partial charge in [0.1, 0.15) is 5.82 Å². The van der Waals surface area contributed by atoms with Gasteiger partial charge < -0.3 is 4.90 Å². The Labute approximate surface area is 185 Å². The van der Waals surface area contributed by atoms with Crippen molar-refractivity contribution in [2.45, 2.75) is 17.9 Å². The average Bonchev–Trinajstić information content (AvgIpc) is 3.21. The zero-order valence-electron chi connectivity index (χ0n) is 16.8. The number of amides is 1. The highest BCUT2D eigenvalue weighted by molar-refractivity contribution is 7.92. The van der Waals surface area contributed by atoms with Crippen molar-refractivity contribution in [3.63, 3.8) is 0 Å². The summed E-state index contributed by atoms with van der Waals surface area (Å²) in [6.45, 7) is 0.312. The maximum atomic E-state index is 14.1. The Balaban J connectivity index is 1.60. The molecule has 0 atom stereocenters. The number of fused-ring (bicyclic) bond motifs is 1. The van der Waals surface area contributed by atoms with Gasteiger partial charge in [-0.05, 0) is 48.4 Å². The standard InChI is InChI=1S/C23H20ClFN2O3S/c1-26(15-19-20(24)9-5-10-21(19)25)23(28)17-7-4-8-18(14-17)31(29,30)27-13-12-16-6-2-3-11-22(16)27/h2-11,14H,12-13,15H2,1H3. The molecule has 0 unspecified atom stereocenters. The number of carbonyl (C=O) groups excluding carboxylic acids is 1. The van der Waals surface area contributed by atoms with Crippen LogP contribution >= 0.6 is 11.6 Å². The number of rotatable bonds is 5. The molecule has 3 aromatic rings. The van der Waals surface area contributed by atoms with Crippen molar-refractivity contribution >= 4 is 33.2 Å². The number of halogens is 2. The molecule has 1 aliphatic heterocycles. The van der Waals surface area contributed by atoms with E-state index in [1.165, 1.54) is 46.6 Å². The van der Waals surface area contributed by atoms with E-state index >= 15 is 0 Å². The summed E-state index contributed by atoms with van der Waals surface area (Å²) in [6, 6.07) is 17.6. The number of sulfonamides is 1. The highest BCUT2D eigenvalue weighted by Crippen LogP contribution is 2.33. The predicted octanol–water partition coefficient (Wildman–Crippen LogP) is 4.50. The molecule has 4 rings (SSSR count). The minimum absolute atomic E-state index is 0.0346. The topological polar surface area (TPSA) is 57.7 Å². The number of para-hydroxylation sites is 1. The molecular formula is C23H20ClFN2O3S. The second kappa shape index (κ2) is 8.32. The summed E-state index contributed by atoms with van der Waals surface area (Å²) in [7, 11) is -2.31. The minimum Gasteiger partial charge on any atom is -0.337 e. The highest BCUT2D eigenvalue weighted by Gasteiger charge is 2.31. The van der Waals surface area contributed by atoms with Gasteiger partial charge >= 0.3 is 0 Å². The fourth-order valence-electron chi connectivity index (χ4n) is 3.69. The number of hydrogen-bond acceptors (Lipinski definition) is 3. The number of benzene rings is 3. The van der Waals surface area contributed by atoms with Gasteiger partial charge in [0.15, 0.2) is 0 Å². The molecule has 0 N–H and O–H groups in total. The maximum absolute atomic E-state index is 14.1. The molecule has 160 valence electrons. The van der Waals surface area contributed by atoms with Crippen LogP contribution in [0.25, 0.3) is 0 Å². The van der Waals surface area contributed by atoms with Gasteiger partial charge in [-0.1, -0.05) is 41.9 Å². The van der Waals surface area contributed by atoms with Gasteiger partial charge in [-0.15, -0.1) is 0 Å². The largest absolute Gasteiger partial charge is 0.337 e. The van der Waals surface area contributed by atoms with E-state index in [1.54, 1.807) is 24.3 Å². The Bertz CT molecular complexity index is 1240. The fourth-order valence-corrected chi connectivity index (χ4v) is 5.46. The third-order valence-corrected chi connectivity index (χ3v) is 7.48. The van der Waals surface area contributed by atoms with Crippen LogP contribution in [0.1, 0.15) is 21.5 Å². The van der Waals surface area contributed by atoms with E-state index in [1.807, 2.05) is 12.1 Å². The molecule has 0 radical (unpaired) electrons. The number of anilines is 1. The van der Waals surface area contributed by atoms with Crippen molar-refractivity contribution in [3.05, 3.63) is 94.3 Å². The van der Waals surface area contributed by atoms with Crippen molar-refractivity contribution in [1.29, 1.82) is 0 Å². The van der Waals surface area contributed by atoms with Crippen LogP contribution in [0, 0.1) is 5.82 Å². The Morgan fingerprint density at radius 3 is 2.61 bits per heavy atom. The second-order valence-corrected chi connectivity index (χ2v) is 9.61. The molecule has 1 heterocycles. The van der Waals surface area contributed by atoms with Crippen molar-refractivity contribution in [1.82, 2.24) is 4.90 Å². The molecule has 0 saturated heterocycles. The predicted molar refractivity (Wildman–Crippen MR) is 118 cm³/mol. The zero-order chi connectivity index (χ0) is 22.2. The molecule has 8 heteroatoms. The van der Waals surface area contributed by atoms with Crippen molar-refractivity contribution in [3.8, 4) is 0 Å². The van der Waals surface area contributed by atoms with Crippen LogP contribution in [0.5, 0.6) is 0 Å². The molecule has 0 bridgehead atoms.